The number of anilines is 1. The lowest BCUT2D eigenvalue weighted by molar-refractivity contribution is 1.15. The third-order valence-corrected chi connectivity index (χ3v) is 2.56. The van der Waals surface area contributed by atoms with Gasteiger partial charge in [-0.3, -0.25) is 0 Å². The van der Waals surface area contributed by atoms with Gasteiger partial charge in [0.1, 0.15) is 6.07 Å². The molecule has 17 heavy (non-hydrogen) atoms. The summed E-state index contributed by atoms with van der Waals surface area (Å²) in [6.45, 7) is 1.89. The van der Waals surface area contributed by atoms with E-state index in [1.54, 1.807) is 6.07 Å². The zero-order valence-electron chi connectivity index (χ0n) is 9.44. The molecule has 0 aliphatic heterocycles. The molecule has 0 spiro atoms. The number of hydrogen-bond donors (Lipinski definition) is 2. The third-order valence-electron chi connectivity index (χ3n) is 2.56. The van der Waals surface area contributed by atoms with Crippen molar-refractivity contribution in [1.29, 1.82) is 5.26 Å². The van der Waals surface area contributed by atoms with E-state index in [4.69, 9.17) is 11.1 Å². The SMILES string of the molecule is Cc1nc(NN)c(C#N)cc1-c1ccccc1. The van der Waals surface area contributed by atoms with E-state index in [0.29, 0.717) is 11.4 Å². The van der Waals surface area contributed by atoms with Gasteiger partial charge < -0.3 is 5.43 Å². The lowest BCUT2D eigenvalue weighted by atomic mass is 10.0. The van der Waals surface area contributed by atoms with Crippen molar-refractivity contribution < 1.29 is 0 Å². The first-order chi connectivity index (χ1) is 8.26. The molecule has 4 heteroatoms. The monoisotopic (exact) mass is 224 g/mol. The topological polar surface area (TPSA) is 74.7 Å². The molecule has 3 N–H and O–H groups in total. The van der Waals surface area contributed by atoms with Crippen molar-refractivity contribution >= 4 is 5.82 Å². The summed E-state index contributed by atoms with van der Waals surface area (Å²) < 4.78 is 0. The number of nitrogens with two attached hydrogens (primary N) is 1. The van der Waals surface area contributed by atoms with Gasteiger partial charge in [-0.25, -0.2) is 10.8 Å². The first-order valence-electron chi connectivity index (χ1n) is 5.20. The first-order valence-corrected chi connectivity index (χ1v) is 5.20. The number of hydrogen-bond acceptors (Lipinski definition) is 4. The van der Waals surface area contributed by atoms with Crippen molar-refractivity contribution in [1.82, 2.24) is 4.98 Å². The maximum absolute atomic E-state index is 9.03. The second-order valence-corrected chi connectivity index (χ2v) is 3.64. The Kier molecular flexibility index (Phi) is 3.03. The van der Waals surface area contributed by atoms with Crippen LogP contribution in [0.4, 0.5) is 5.82 Å². The Balaban J connectivity index is 2.61. The number of aromatic nitrogens is 1. The van der Waals surface area contributed by atoms with Crippen LogP contribution in [0.15, 0.2) is 36.4 Å². The van der Waals surface area contributed by atoms with Crippen LogP contribution < -0.4 is 11.3 Å². The predicted octanol–water partition coefficient (Wildman–Crippen LogP) is 2.21. The number of pyridine rings is 1. The molecule has 4 nitrogen and oxygen atoms in total. The summed E-state index contributed by atoms with van der Waals surface area (Å²) in [6, 6.07) is 13.7. The molecule has 0 saturated heterocycles. The van der Waals surface area contributed by atoms with Crippen molar-refractivity contribution in [3.05, 3.63) is 47.7 Å². The molecular weight excluding hydrogens is 212 g/mol. The van der Waals surface area contributed by atoms with E-state index in [1.807, 2.05) is 37.3 Å². The lowest BCUT2D eigenvalue weighted by Gasteiger charge is -2.09. The molecule has 0 fully saturated rings. The highest BCUT2D eigenvalue weighted by atomic mass is 15.2. The minimum atomic E-state index is 0.407. The summed E-state index contributed by atoms with van der Waals surface area (Å²) in [5.41, 5.74) is 5.70. The Labute approximate surface area is 99.7 Å². The fraction of sp³-hybridized carbons (Fsp3) is 0.0769. The third kappa shape index (κ3) is 2.10. The van der Waals surface area contributed by atoms with Crippen LogP contribution in [0.25, 0.3) is 11.1 Å². The molecule has 0 saturated carbocycles. The zero-order chi connectivity index (χ0) is 12.3. The van der Waals surface area contributed by atoms with E-state index in [-0.39, 0.29) is 0 Å². The largest absolute Gasteiger partial charge is 0.307 e. The van der Waals surface area contributed by atoms with E-state index in [0.717, 1.165) is 16.8 Å². The van der Waals surface area contributed by atoms with Gasteiger partial charge in [-0.15, -0.1) is 0 Å². The molecule has 0 radical (unpaired) electrons. The lowest BCUT2D eigenvalue weighted by Crippen LogP contribution is -2.11. The van der Waals surface area contributed by atoms with Crippen molar-refractivity contribution in [2.24, 2.45) is 5.84 Å². The standard InChI is InChI=1S/C13H12N4/c1-9-12(10-5-3-2-4-6-10)7-11(8-14)13(16-9)17-15/h2-7H,15H2,1H3,(H,16,17). The number of rotatable bonds is 2. The highest BCUT2D eigenvalue weighted by molar-refractivity contribution is 5.70. The molecule has 2 rings (SSSR count). The molecule has 0 atom stereocenters. The molecule has 0 aliphatic carbocycles. The summed E-state index contributed by atoms with van der Waals surface area (Å²) in [7, 11) is 0. The molecule has 1 heterocycles. The van der Waals surface area contributed by atoms with Gasteiger partial charge in [0.15, 0.2) is 5.82 Å². The van der Waals surface area contributed by atoms with Gasteiger partial charge in [-0.1, -0.05) is 30.3 Å². The number of hydrazine groups is 1. The number of nitrogens with zero attached hydrogens (tertiary/aromatic N) is 2. The van der Waals surface area contributed by atoms with Crippen LogP contribution in [-0.4, -0.2) is 4.98 Å². The summed E-state index contributed by atoms with van der Waals surface area (Å²) >= 11 is 0. The number of nitrogen functional groups attached to an aromatic ring is 1. The average Bonchev–Trinajstić information content (AvgIpc) is 2.39. The summed E-state index contributed by atoms with van der Waals surface area (Å²) in [6.07, 6.45) is 0. The van der Waals surface area contributed by atoms with Crippen LogP contribution in [0, 0.1) is 18.3 Å². The molecule has 0 amide bonds. The molecule has 0 bridgehead atoms. The normalized spacial score (nSPS) is 9.71. The Morgan fingerprint density at radius 1 is 1.29 bits per heavy atom. The quantitative estimate of drug-likeness (QED) is 0.605. The van der Waals surface area contributed by atoms with Crippen molar-refractivity contribution in [3.63, 3.8) is 0 Å². The van der Waals surface area contributed by atoms with Crippen LogP contribution in [0.5, 0.6) is 0 Å². The molecule has 0 aliphatic rings. The molecule has 0 unspecified atom stereocenters. The van der Waals surface area contributed by atoms with Gasteiger partial charge in [-0.05, 0) is 18.6 Å². The van der Waals surface area contributed by atoms with Gasteiger partial charge in [0, 0.05) is 11.3 Å². The van der Waals surface area contributed by atoms with Gasteiger partial charge in [0.2, 0.25) is 0 Å². The summed E-state index contributed by atoms with van der Waals surface area (Å²) in [5, 5.41) is 9.03. The van der Waals surface area contributed by atoms with Crippen LogP contribution in [0.1, 0.15) is 11.3 Å². The highest BCUT2D eigenvalue weighted by Crippen LogP contribution is 2.25. The minimum absolute atomic E-state index is 0.407. The van der Waals surface area contributed by atoms with Crippen molar-refractivity contribution in [3.8, 4) is 17.2 Å². The van der Waals surface area contributed by atoms with Gasteiger partial charge in [0.05, 0.1) is 5.56 Å². The Morgan fingerprint density at radius 3 is 2.59 bits per heavy atom. The number of nitrogens with one attached hydrogen (secondary N) is 1. The Bertz CT molecular complexity index is 570. The predicted molar refractivity (Wildman–Crippen MR) is 66.9 cm³/mol. The highest BCUT2D eigenvalue weighted by Gasteiger charge is 2.09. The van der Waals surface area contributed by atoms with Crippen molar-refractivity contribution in [2.45, 2.75) is 6.92 Å². The zero-order valence-corrected chi connectivity index (χ0v) is 9.44. The maximum atomic E-state index is 9.03. The van der Waals surface area contributed by atoms with Crippen LogP contribution >= 0.6 is 0 Å². The van der Waals surface area contributed by atoms with Crippen LogP contribution in [0.3, 0.4) is 0 Å². The smallest absolute Gasteiger partial charge is 0.158 e. The fourth-order valence-electron chi connectivity index (χ4n) is 1.71. The number of benzene rings is 1. The first kappa shape index (κ1) is 11.1. The second-order valence-electron chi connectivity index (χ2n) is 3.64. The second kappa shape index (κ2) is 4.64. The van der Waals surface area contributed by atoms with Gasteiger partial charge in [-0.2, -0.15) is 5.26 Å². The maximum Gasteiger partial charge on any atom is 0.158 e. The summed E-state index contributed by atoms with van der Waals surface area (Å²) in [4.78, 5) is 4.28. The molecular formula is C13H12N4. The molecule has 1 aromatic carbocycles. The Morgan fingerprint density at radius 2 is 2.00 bits per heavy atom. The summed E-state index contributed by atoms with van der Waals surface area (Å²) in [5.74, 6) is 5.73. The van der Waals surface area contributed by atoms with E-state index >= 15 is 0 Å². The van der Waals surface area contributed by atoms with Crippen LogP contribution in [0.2, 0.25) is 0 Å². The number of aryl methyl sites for hydroxylation is 1. The van der Waals surface area contributed by atoms with Gasteiger partial charge in [0.25, 0.3) is 0 Å². The molecule has 2 aromatic rings. The van der Waals surface area contributed by atoms with E-state index in [1.165, 1.54) is 0 Å². The fourth-order valence-corrected chi connectivity index (χ4v) is 1.71. The van der Waals surface area contributed by atoms with E-state index < -0.39 is 0 Å². The van der Waals surface area contributed by atoms with E-state index in [2.05, 4.69) is 16.5 Å². The number of nitriles is 1. The van der Waals surface area contributed by atoms with E-state index in [9.17, 15) is 0 Å². The van der Waals surface area contributed by atoms with Crippen molar-refractivity contribution in [2.75, 3.05) is 5.43 Å². The molecule has 84 valence electrons. The minimum Gasteiger partial charge on any atom is -0.307 e. The average molecular weight is 224 g/mol. The Hall–Kier alpha value is -2.38. The molecule has 1 aromatic heterocycles. The van der Waals surface area contributed by atoms with Crippen LogP contribution in [-0.2, 0) is 0 Å². The van der Waals surface area contributed by atoms with Gasteiger partial charge >= 0.3 is 0 Å².